The number of hydrogen-bond donors (Lipinski definition) is 1. The van der Waals surface area contributed by atoms with Gasteiger partial charge in [0.2, 0.25) is 0 Å². The molecule has 0 radical (unpaired) electrons. The molecule has 3 heteroatoms. The molecule has 0 aliphatic rings. The van der Waals surface area contributed by atoms with Crippen LogP contribution in [0.3, 0.4) is 0 Å². The van der Waals surface area contributed by atoms with Gasteiger partial charge in [0.1, 0.15) is 0 Å². The van der Waals surface area contributed by atoms with Gasteiger partial charge >= 0.3 is 0 Å². The first-order valence-electron chi connectivity index (χ1n) is 3.38. The Kier molecular flexibility index (Phi) is 3.43. The third-order valence-electron chi connectivity index (χ3n) is 1.28. The van der Waals surface area contributed by atoms with Crippen molar-refractivity contribution >= 4 is 23.2 Å². The van der Waals surface area contributed by atoms with E-state index >= 15 is 0 Å². The van der Waals surface area contributed by atoms with E-state index in [9.17, 15) is 0 Å². The van der Waals surface area contributed by atoms with Crippen molar-refractivity contribution in [1.82, 2.24) is 0 Å². The van der Waals surface area contributed by atoms with Crippen molar-refractivity contribution in [2.75, 3.05) is 6.54 Å². The van der Waals surface area contributed by atoms with Crippen molar-refractivity contribution in [3.8, 4) is 11.8 Å². The van der Waals surface area contributed by atoms with Gasteiger partial charge in [-0.05, 0) is 12.1 Å². The Labute approximate surface area is 81.5 Å². The maximum absolute atomic E-state index is 5.84. The van der Waals surface area contributed by atoms with Crippen LogP contribution in [0.5, 0.6) is 0 Å². The Morgan fingerprint density at radius 2 is 1.83 bits per heavy atom. The van der Waals surface area contributed by atoms with Crippen LogP contribution in [0, 0.1) is 11.8 Å². The van der Waals surface area contributed by atoms with Crippen molar-refractivity contribution in [3.63, 3.8) is 0 Å². The monoisotopic (exact) mass is 199 g/mol. The molecule has 0 amide bonds. The lowest BCUT2D eigenvalue weighted by Crippen LogP contribution is -1.93. The van der Waals surface area contributed by atoms with Crippen LogP contribution in [0.1, 0.15) is 5.56 Å². The minimum Gasteiger partial charge on any atom is -0.320 e. The fraction of sp³-hybridized carbons (Fsp3) is 0.111. The number of hydrogen-bond acceptors (Lipinski definition) is 1. The smallest absolute Gasteiger partial charge is 0.0618 e. The van der Waals surface area contributed by atoms with E-state index in [4.69, 9.17) is 28.9 Å². The van der Waals surface area contributed by atoms with E-state index in [0.29, 0.717) is 22.2 Å². The predicted molar refractivity (Wildman–Crippen MR) is 52.4 cm³/mol. The molecule has 0 saturated heterocycles. The second-order valence-corrected chi connectivity index (χ2v) is 2.92. The van der Waals surface area contributed by atoms with Gasteiger partial charge in [0.05, 0.1) is 22.2 Å². The number of nitrogens with two attached hydrogens (primary N) is 1. The summed E-state index contributed by atoms with van der Waals surface area (Å²) in [4.78, 5) is 0. The molecule has 0 bridgehead atoms. The van der Waals surface area contributed by atoms with E-state index in [1.165, 1.54) is 0 Å². The normalized spacial score (nSPS) is 8.92. The molecule has 62 valence electrons. The quantitative estimate of drug-likeness (QED) is 0.639. The predicted octanol–water partition coefficient (Wildman–Crippen LogP) is 2.30. The molecule has 0 fully saturated rings. The molecule has 0 spiro atoms. The summed E-state index contributed by atoms with van der Waals surface area (Å²) in [5, 5.41) is 1.12. The SMILES string of the molecule is NCC#Cc1c(Cl)cccc1Cl. The molecule has 0 saturated carbocycles. The number of rotatable bonds is 0. The second-order valence-electron chi connectivity index (χ2n) is 2.10. The third-order valence-corrected chi connectivity index (χ3v) is 1.91. The highest BCUT2D eigenvalue weighted by Crippen LogP contribution is 2.22. The van der Waals surface area contributed by atoms with Crippen molar-refractivity contribution < 1.29 is 0 Å². The molecule has 1 rings (SSSR count). The average molecular weight is 200 g/mol. The van der Waals surface area contributed by atoms with Gasteiger partial charge in [-0.2, -0.15) is 0 Å². The van der Waals surface area contributed by atoms with Crippen LogP contribution in [0.15, 0.2) is 18.2 Å². The molecule has 2 N–H and O–H groups in total. The van der Waals surface area contributed by atoms with Gasteiger partial charge in [0.25, 0.3) is 0 Å². The van der Waals surface area contributed by atoms with Crippen LogP contribution < -0.4 is 5.73 Å². The molecule has 0 unspecified atom stereocenters. The molecule has 1 nitrogen and oxygen atoms in total. The van der Waals surface area contributed by atoms with Gasteiger partial charge in [0.15, 0.2) is 0 Å². The summed E-state index contributed by atoms with van der Waals surface area (Å²) in [5.41, 5.74) is 5.86. The molecule has 0 heterocycles. The Morgan fingerprint density at radius 1 is 1.25 bits per heavy atom. The first-order chi connectivity index (χ1) is 5.75. The van der Waals surface area contributed by atoms with Crippen molar-refractivity contribution in [2.45, 2.75) is 0 Å². The highest BCUT2D eigenvalue weighted by atomic mass is 35.5. The maximum Gasteiger partial charge on any atom is 0.0618 e. The first-order valence-corrected chi connectivity index (χ1v) is 4.14. The minimum atomic E-state index is 0.307. The van der Waals surface area contributed by atoms with E-state index in [-0.39, 0.29) is 0 Å². The molecule has 0 aromatic heterocycles. The molecule has 0 aliphatic carbocycles. The Balaban J connectivity index is 3.13. The fourth-order valence-corrected chi connectivity index (χ4v) is 1.25. The summed E-state index contributed by atoms with van der Waals surface area (Å²) < 4.78 is 0. The molecule has 1 aromatic carbocycles. The maximum atomic E-state index is 5.84. The third kappa shape index (κ3) is 2.15. The van der Waals surface area contributed by atoms with Crippen LogP contribution >= 0.6 is 23.2 Å². The fourth-order valence-electron chi connectivity index (χ4n) is 0.757. The Morgan fingerprint density at radius 3 is 2.33 bits per heavy atom. The van der Waals surface area contributed by atoms with Crippen LogP contribution in [0.25, 0.3) is 0 Å². The van der Waals surface area contributed by atoms with Gasteiger partial charge in [-0.15, -0.1) is 0 Å². The standard InChI is InChI=1S/C9H7Cl2N/c10-8-4-1-5-9(11)7(8)3-2-6-12/h1,4-5H,6,12H2. The molecule has 0 aliphatic heterocycles. The van der Waals surface area contributed by atoms with E-state index < -0.39 is 0 Å². The lowest BCUT2D eigenvalue weighted by molar-refractivity contribution is 1.30. The second kappa shape index (κ2) is 4.37. The Hall–Kier alpha value is -0.680. The highest BCUT2D eigenvalue weighted by molar-refractivity contribution is 6.36. The van der Waals surface area contributed by atoms with Gasteiger partial charge in [-0.25, -0.2) is 0 Å². The molecule has 0 atom stereocenters. The van der Waals surface area contributed by atoms with E-state index in [0.717, 1.165) is 0 Å². The van der Waals surface area contributed by atoms with Gasteiger partial charge in [-0.3, -0.25) is 0 Å². The molecule has 1 aromatic rings. The van der Waals surface area contributed by atoms with Crippen molar-refractivity contribution in [3.05, 3.63) is 33.8 Å². The highest BCUT2D eigenvalue weighted by Gasteiger charge is 2.00. The number of benzene rings is 1. The average Bonchev–Trinajstić information content (AvgIpc) is 2.04. The zero-order chi connectivity index (χ0) is 8.97. The zero-order valence-electron chi connectivity index (χ0n) is 6.27. The van der Waals surface area contributed by atoms with E-state index in [2.05, 4.69) is 11.8 Å². The molecule has 12 heavy (non-hydrogen) atoms. The first kappa shape index (κ1) is 9.41. The van der Waals surface area contributed by atoms with Gasteiger partial charge in [0, 0.05) is 0 Å². The summed E-state index contributed by atoms with van der Waals surface area (Å²) >= 11 is 11.7. The summed E-state index contributed by atoms with van der Waals surface area (Å²) in [5.74, 6) is 5.50. The van der Waals surface area contributed by atoms with Crippen LogP contribution in [-0.2, 0) is 0 Å². The van der Waals surface area contributed by atoms with Crippen molar-refractivity contribution in [1.29, 1.82) is 0 Å². The topological polar surface area (TPSA) is 26.0 Å². The summed E-state index contributed by atoms with van der Waals surface area (Å²) in [6.07, 6.45) is 0. The number of halogens is 2. The van der Waals surface area contributed by atoms with E-state index in [1.807, 2.05) is 0 Å². The minimum absolute atomic E-state index is 0.307. The van der Waals surface area contributed by atoms with Crippen LogP contribution in [-0.4, -0.2) is 6.54 Å². The van der Waals surface area contributed by atoms with Gasteiger partial charge < -0.3 is 5.73 Å². The lowest BCUT2D eigenvalue weighted by atomic mass is 10.2. The van der Waals surface area contributed by atoms with Gasteiger partial charge in [-0.1, -0.05) is 41.1 Å². The lowest BCUT2D eigenvalue weighted by Gasteiger charge is -1.96. The molecular formula is C9H7Cl2N. The Bertz CT molecular complexity index is 316. The summed E-state index contributed by atoms with van der Waals surface area (Å²) in [6.45, 7) is 0.307. The summed E-state index contributed by atoms with van der Waals surface area (Å²) in [6, 6.07) is 5.26. The summed E-state index contributed by atoms with van der Waals surface area (Å²) in [7, 11) is 0. The van der Waals surface area contributed by atoms with E-state index in [1.54, 1.807) is 18.2 Å². The van der Waals surface area contributed by atoms with Crippen LogP contribution in [0.4, 0.5) is 0 Å². The zero-order valence-corrected chi connectivity index (χ0v) is 7.78. The van der Waals surface area contributed by atoms with Crippen LogP contribution in [0.2, 0.25) is 10.0 Å². The molecular weight excluding hydrogens is 193 g/mol. The largest absolute Gasteiger partial charge is 0.320 e. The van der Waals surface area contributed by atoms with Crippen molar-refractivity contribution in [2.24, 2.45) is 5.73 Å².